The second-order valence-electron chi connectivity index (χ2n) is 4.57. The molecular weight excluding hydrogens is 224 g/mol. The van der Waals surface area contributed by atoms with Crippen molar-refractivity contribution in [1.82, 2.24) is 4.90 Å². The maximum atomic E-state index is 5.67. The summed E-state index contributed by atoms with van der Waals surface area (Å²) in [6.07, 6.45) is 1.71. The van der Waals surface area contributed by atoms with Gasteiger partial charge < -0.3 is 10.2 Å². The lowest BCUT2D eigenvalue weighted by Crippen LogP contribution is -2.28. The highest BCUT2D eigenvalue weighted by atomic mass is 16.3. The zero-order valence-corrected chi connectivity index (χ0v) is 10.8. The van der Waals surface area contributed by atoms with Crippen molar-refractivity contribution < 1.29 is 4.42 Å². The molecule has 2 rings (SSSR count). The predicted octanol–water partition coefficient (Wildman–Crippen LogP) is 2.55. The Balaban J connectivity index is 2.01. The molecule has 1 aromatic heterocycles. The molecule has 0 unspecified atom stereocenters. The van der Waals surface area contributed by atoms with E-state index >= 15 is 0 Å². The fraction of sp³-hybridized carbons (Fsp3) is 0.333. The van der Waals surface area contributed by atoms with E-state index in [1.54, 1.807) is 6.26 Å². The van der Waals surface area contributed by atoms with Crippen molar-refractivity contribution in [2.75, 3.05) is 13.1 Å². The van der Waals surface area contributed by atoms with Gasteiger partial charge in [0.25, 0.3) is 0 Å². The van der Waals surface area contributed by atoms with E-state index in [4.69, 9.17) is 10.2 Å². The van der Waals surface area contributed by atoms with Gasteiger partial charge >= 0.3 is 0 Å². The molecule has 3 nitrogen and oxygen atoms in total. The summed E-state index contributed by atoms with van der Waals surface area (Å²) in [6.45, 7) is 5.35. The van der Waals surface area contributed by atoms with Crippen LogP contribution >= 0.6 is 0 Å². The molecule has 2 aromatic rings. The van der Waals surface area contributed by atoms with Crippen molar-refractivity contribution in [3.05, 3.63) is 59.5 Å². The molecule has 1 aromatic carbocycles. The van der Waals surface area contributed by atoms with Gasteiger partial charge in [0.05, 0.1) is 12.8 Å². The van der Waals surface area contributed by atoms with E-state index in [1.165, 1.54) is 11.1 Å². The van der Waals surface area contributed by atoms with Gasteiger partial charge in [0, 0.05) is 19.6 Å². The predicted molar refractivity (Wildman–Crippen MR) is 73.1 cm³/mol. The topological polar surface area (TPSA) is 42.4 Å². The van der Waals surface area contributed by atoms with Crippen molar-refractivity contribution >= 4 is 0 Å². The van der Waals surface area contributed by atoms with Gasteiger partial charge in [0.2, 0.25) is 0 Å². The van der Waals surface area contributed by atoms with Crippen LogP contribution in [0.5, 0.6) is 0 Å². The molecule has 0 aliphatic heterocycles. The molecule has 0 amide bonds. The third kappa shape index (κ3) is 3.72. The lowest BCUT2D eigenvalue weighted by atomic mass is 10.1. The van der Waals surface area contributed by atoms with Gasteiger partial charge in [0.1, 0.15) is 5.76 Å². The first kappa shape index (κ1) is 12.9. The van der Waals surface area contributed by atoms with Crippen LogP contribution in [0.4, 0.5) is 0 Å². The summed E-state index contributed by atoms with van der Waals surface area (Å²) in [5, 5.41) is 0. The Labute approximate surface area is 108 Å². The maximum Gasteiger partial charge on any atom is 0.117 e. The number of benzene rings is 1. The molecule has 0 atom stereocenters. The van der Waals surface area contributed by atoms with Crippen LogP contribution in [0.25, 0.3) is 0 Å². The molecule has 2 N–H and O–H groups in total. The van der Waals surface area contributed by atoms with Gasteiger partial charge in [-0.25, -0.2) is 0 Å². The molecule has 1 heterocycles. The van der Waals surface area contributed by atoms with E-state index in [1.807, 2.05) is 12.1 Å². The highest BCUT2D eigenvalue weighted by molar-refractivity contribution is 5.22. The van der Waals surface area contributed by atoms with Gasteiger partial charge in [-0.2, -0.15) is 0 Å². The first-order valence-corrected chi connectivity index (χ1v) is 6.28. The summed E-state index contributed by atoms with van der Waals surface area (Å²) >= 11 is 0. The largest absolute Gasteiger partial charge is 0.468 e. The summed E-state index contributed by atoms with van der Waals surface area (Å²) in [5.41, 5.74) is 8.27. The highest BCUT2D eigenvalue weighted by Crippen LogP contribution is 2.11. The van der Waals surface area contributed by atoms with Gasteiger partial charge in [-0.05, 0) is 24.6 Å². The Morgan fingerprint density at radius 1 is 1.17 bits per heavy atom. The fourth-order valence-electron chi connectivity index (χ4n) is 2.09. The Bertz CT molecular complexity index is 465. The van der Waals surface area contributed by atoms with E-state index < -0.39 is 0 Å². The molecule has 96 valence electrons. The van der Waals surface area contributed by atoms with E-state index in [0.29, 0.717) is 6.54 Å². The van der Waals surface area contributed by atoms with Crippen molar-refractivity contribution in [2.24, 2.45) is 5.73 Å². The number of nitrogens with two attached hydrogens (primary N) is 1. The van der Waals surface area contributed by atoms with Crippen molar-refractivity contribution in [1.29, 1.82) is 0 Å². The van der Waals surface area contributed by atoms with Crippen LogP contribution in [0.2, 0.25) is 0 Å². The zero-order chi connectivity index (χ0) is 12.8. The van der Waals surface area contributed by atoms with Crippen LogP contribution in [-0.2, 0) is 13.1 Å². The van der Waals surface area contributed by atoms with Crippen LogP contribution < -0.4 is 5.73 Å². The monoisotopic (exact) mass is 244 g/mol. The van der Waals surface area contributed by atoms with Crippen LogP contribution in [-0.4, -0.2) is 18.0 Å². The van der Waals surface area contributed by atoms with Crippen LogP contribution in [0, 0.1) is 6.92 Å². The summed E-state index contributed by atoms with van der Waals surface area (Å²) < 4.78 is 5.39. The smallest absolute Gasteiger partial charge is 0.117 e. The molecule has 0 aliphatic carbocycles. The summed E-state index contributed by atoms with van der Waals surface area (Å²) in [5.74, 6) is 0.983. The van der Waals surface area contributed by atoms with E-state index in [0.717, 1.165) is 25.4 Å². The Morgan fingerprint density at radius 2 is 2.06 bits per heavy atom. The van der Waals surface area contributed by atoms with Gasteiger partial charge in [-0.3, -0.25) is 4.90 Å². The number of furan rings is 1. The number of rotatable bonds is 6. The second kappa shape index (κ2) is 6.38. The van der Waals surface area contributed by atoms with E-state index in [-0.39, 0.29) is 0 Å². The molecule has 18 heavy (non-hydrogen) atoms. The maximum absolute atomic E-state index is 5.67. The molecule has 0 radical (unpaired) electrons. The third-order valence-electron chi connectivity index (χ3n) is 2.89. The first-order valence-electron chi connectivity index (χ1n) is 6.28. The van der Waals surface area contributed by atoms with Crippen molar-refractivity contribution in [3.8, 4) is 0 Å². The van der Waals surface area contributed by atoms with Crippen molar-refractivity contribution in [2.45, 2.75) is 20.0 Å². The molecule has 0 saturated heterocycles. The standard InChI is InChI=1S/C15H20N2O/c1-13-4-2-5-14(10-13)11-17(8-7-16)12-15-6-3-9-18-15/h2-6,9-10H,7-8,11-12,16H2,1H3. The number of aryl methyl sites for hydroxylation is 1. The third-order valence-corrected chi connectivity index (χ3v) is 2.89. The average molecular weight is 244 g/mol. The molecular formula is C15H20N2O. The van der Waals surface area contributed by atoms with Crippen LogP contribution in [0.15, 0.2) is 47.1 Å². The lowest BCUT2D eigenvalue weighted by Gasteiger charge is -2.20. The van der Waals surface area contributed by atoms with Crippen LogP contribution in [0.1, 0.15) is 16.9 Å². The minimum atomic E-state index is 0.659. The molecule has 3 heteroatoms. The Hall–Kier alpha value is -1.58. The molecule has 0 saturated carbocycles. The lowest BCUT2D eigenvalue weighted by molar-refractivity contribution is 0.242. The average Bonchev–Trinajstić information content (AvgIpc) is 2.82. The van der Waals surface area contributed by atoms with Crippen molar-refractivity contribution in [3.63, 3.8) is 0 Å². The molecule has 0 spiro atoms. The minimum absolute atomic E-state index is 0.659. The summed E-state index contributed by atoms with van der Waals surface area (Å²) in [6, 6.07) is 12.5. The summed E-state index contributed by atoms with van der Waals surface area (Å²) in [7, 11) is 0. The molecule has 0 bridgehead atoms. The fourth-order valence-corrected chi connectivity index (χ4v) is 2.09. The zero-order valence-electron chi connectivity index (χ0n) is 10.8. The Kier molecular flexibility index (Phi) is 4.56. The van der Waals surface area contributed by atoms with Gasteiger partial charge in [-0.15, -0.1) is 0 Å². The van der Waals surface area contributed by atoms with E-state index in [9.17, 15) is 0 Å². The molecule has 0 aliphatic rings. The van der Waals surface area contributed by atoms with Crippen LogP contribution in [0.3, 0.4) is 0 Å². The highest BCUT2D eigenvalue weighted by Gasteiger charge is 2.08. The van der Waals surface area contributed by atoms with Gasteiger partial charge in [-0.1, -0.05) is 29.8 Å². The number of hydrogen-bond donors (Lipinski definition) is 1. The summed E-state index contributed by atoms with van der Waals surface area (Å²) in [4.78, 5) is 2.30. The number of nitrogens with zero attached hydrogens (tertiary/aromatic N) is 1. The minimum Gasteiger partial charge on any atom is -0.468 e. The Morgan fingerprint density at radius 3 is 2.72 bits per heavy atom. The normalized spacial score (nSPS) is 11.1. The first-order chi connectivity index (χ1) is 8.78. The quantitative estimate of drug-likeness (QED) is 0.849. The number of hydrogen-bond acceptors (Lipinski definition) is 3. The van der Waals surface area contributed by atoms with E-state index in [2.05, 4.69) is 36.1 Å². The second-order valence-corrected chi connectivity index (χ2v) is 4.57. The van der Waals surface area contributed by atoms with Gasteiger partial charge in [0.15, 0.2) is 0 Å². The molecule has 0 fully saturated rings. The SMILES string of the molecule is Cc1cccc(CN(CCN)Cc2ccco2)c1.